The van der Waals surface area contributed by atoms with Gasteiger partial charge in [0.15, 0.2) is 0 Å². The number of carbonyl (C=O) groups is 1. The molecule has 0 aliphatic carbocycles. The van der Waals surface area contributed by atoms with Gasteiger partial charge in [0.1, 0.15) is 0 Å². The largest absolute Gasteiger partial charge is 0.379 e. The third-order valence-electron chi connectivity index (χ3n) is 5.56. The van der Waals surface area contributed by atoms with E-state index in [9.17, 15) is 13.2 Å². The van der Waals surface area contributed by atoms with Crippen molar-refractivity contribution in [2.45, 2.75) is 17.7 Å². The molecule has 4 rings (SSSR count). The van der Waals surface area contributed by atoms with Crippen LogP contribution < -0.4 is 5.43 Å². The van der Waals surface area contributed by atoms with E-state index in [-0.39, 0.29) is 17.2 Å². The number of nitrogens with zero attached hydrogens (tertiary/aromatic N) is 2. The molecule has 0 bridgehead atoms. The van der Waals surface area contributed by atoms with E-state index in [1.54, 1.807) is 24.3 Å². The second kappa shape index (κ2) is 11.2. The Hall–Kier alpha value is -3.33. The lowest BCUT2D eigenvalue weighted by molar-refractivity contribution is -0.121. The third-order valence-corrected chi connectivity index (χ3v) is 7.47. The van der Waals surface area contributed by atoms with Gasteiger partial charge < -0.3 is 4.74 Å². The third kappa shape index (κ3) is 5.96. The predicted octanol–water partition coefficient (Wildman–Crippen LogP) is 3.21. The van der Waals surface area contributed by atoms with Crippen LogP contribution in [0.4, 0.5) is 0 Å². The number of hydrogen-bond donors (Lipinski definition) is 1. The molecule has 0 saturated carbocycles. The number of hydrazone groups is 1. The van der Waals surface area contributed by atoms with Crippen molar-refractivity contribution in [2.24, 2.45) is 5.10 Å². The average molecular weight is 478 g/mol. The summed E-state index contributed by atoms with van der Waals surface area (Å²) in [6, 6.07) is 26.1. The SMILES string of the molecule is O=C(CCc1ccc(S(=O)(=O)N2CCOCC2)cc1)NN=C(c1ccccc1)c1ccccc1. The Balaban J connectivity index is 1.38. The Kier molecular flexibility index (Phi) is 7.84. The molecule has 3 aromatic carbocycles. The minimum Gasteiger partial charge on any atom is -0.379 e. The van der Waals surface area contributed by atoms with Crippen molar-refractivity contribution in [1.82, 2.24) is 9.73 Å². The second-order valence-electron chi connectivity index (χ2n) is 7.89. The molecule has 1 aliphatic heterocycles. The fourth-order valence-corrected chi connectivity index (χ4v) is 5.09. The quantitative estimate of drug-likeness (QED) is 0.399. The number of hydrogen-bond acceptors (Lipinski definition) is 5. The molecule has 1 fully saturated rings. The number of nitrogens with one attached hydrogen (secondary N) is 1. The van der Waals surface area contributed by atoms with Crippen molar-refractivity contribution in [1.29, 1.82) is 0 Å². The maximum Gasteiger partial charge on any atom is 0.243 e. The van der Waals surface area contributed by atoms with Gasteiger partial charge in [-0.15, -0.1) is 0 Å². The van der Waals surface area contributed by atoms with Crippen LogP contribution in [0.25, 0.3) is 0 Å². The Morgan fingerprint density at radius 3 is 1.97 bits per heavy atom. The summed E-state index contributed by atoms with van der Waals surface area (Å²) in [4.78, 5) is 12.7. The van der Waals surface area contributed by atoms with Gasteiger partial charge in [-0.25, -0.2) is 13.8 Å². The molecule has 1 heterocycles. The molecule has 0 atom stereocenters. The molecule has 0 unspecified atom stereocenters. The van der Waals surface area contributed by atoms with Gasteiger partial charge in [-0.05, 0) is 24.1 Å². The highest BCUT2D eigenvalue weighted by Gasteiger charge is 2.26. The van der Waals surface area contributed by atoms with Crippen LogP contribution in [0.15, 0.2) is 94.9 Å². The summed E-state index contributed by atoms with van der Waals surface area (Å²) in [5.74, 6) is -0.214. The number of sulfonamides is 1. The number of rotatable bonds is 8. The number of carbonyl (C=O) groups excluding carboxylic acids is 1. The van der Waals surface area contributed by atoms with E-state index in [1.165, 1.54) is 4.31 Å². The molecule has 0 radical (unpaired) electrons. The molecular formula is C26H27N3O4S. The maximum absolute atomic E-state index is 12.7. The van der Waals surface area contributed by atoms with Gasteiger partial charge in [-0.3, -0.25) is 4.79 Å². The topological polar surface area (TPSA) is 88.1 Å². The van der Waals surface area contributed by atoms with E-state index >= 15 is 0 Å². The Morgan fingerprint density at radius 2 is 1.41 bits per heavy atom. The zero-order valence-electron chi connectivity index (χ0n) is 18.8. The number of amides is 1. The van der Waals surface area contributed by atoms with Crippen LogP contribution >= 0.6 is 0 Å². The summed E-state index contributed by atoms with van der Waals surface area (Å²) < 4.78 is 32.2. The monoisotopic (exact) mass is 477 g/mol. The number of aryl methyl sites for hydroxylation is 1. The van der Waals surface area contributed by atoms with Gasteiger partial charge >= 0.3 is 0 Å². The Labute approximate surface area is 200 Å². The molecule has 3 aromatic rings. The minimum atomic E-state index is -3.52. The van der Waals surface area contributed by atoms with E-state index in [2.05, 4.69) is 10.5 Å². The molecule has 0 spiro atoms. The summed E-state index contributed by atoms with van der Waals surface area (Å²) >= 11 is 0. The molecular weight excluding hydrogens is 450 g/mol. The standard InChI is InChI=1S/C26H27N3O4S/c30-25(27-28-26(22-7-3-1-4-8-22)23-9-5-2-6-10-23)16-13-21-11-14-24(15-12-21)34(31,32)29-17-19-33-20-18-29/h1-12,14-15H,13,16-20H2,(H,27,30). The van der Waals surface area contributed by atoms with E-state index < -0.39 is 10.0 Å². The summed E-state index contributed by atoms with van der Waals surface area (Å²) in [6.45, 7) is 1.54. The zero-order valence-corrected chi connectivity index (χ0v) is 19.6. The highest BCUT2D eigenvalue weighted by atomic mass is 32.2. The molecule has 1 saturated heterocycles. The van der Waals surface area contributed by atoms with Crippen LogP contribution in [0.1, 0.15) is 23.1 Å². The van der Waals surface area contributed by atoms with Crippen molar-refractivity contribution in [3.8, 4) is 0 Å². The van der Waals surface area contributed by atoms with Crippen LogP contribution in [-0.2, 0) is 26.0 Å². The molecule has 1 N–H and O–H groups in total. The second-order valence-corrected chi connectivity index (χ2v) is 9.83. The fourth-order valence-electron chi connectivity index (χ4n) is 3.68. The van der Waals surface area contributed by atoms with Crippen molar-refractivity contribution >= 4 is 21.6 Å². The van der Waals surface area contributed by atoms with Gasteiger partial charge in [0, 0.05) is 30.6 Å². The number of ether oxygens (including phenoxy) is 1. The number of benzene rings is 3. The van der Waals surface area contributed by atoms with Gasteiger partial charge in [0.05, 0.1) is 23.8 Å². The average Bonchev–Trinajstić information content (AvgIpc) is 2.89. The lowest BCUT2D eigenvalue weighted by Crippen LogP contribution is -2.40. The predicted molar refractivity (Wildman–Crippen MR) is 131 cm³/mol. The lowest BCUT2D eigenvalue weighted by atomic mass is 10.0. The molecule has 1 amide bonds. The van der Waals surface area contributed by atoms with Crippen molar-refractivity contribution < 1.29 is 17.9 Å². The van der Waals surface area contributed by atoms with Gasteiger partial charge in [-0.2, -0.15) is 9.41 Å². The first kappa shape index (κ1) is 23.8. The lowest BCUT2D eigenvalue weighted by Gasteiger charge is -2.26. The Bertz CT molecular complexity index is 1180. The molecule has 7 nitrogen and oxygen atoms in total. The van der Waals surface area contributed by atoms with Crippen molar-refractivity contribution in [3.63, 3.8) is 0 Å². The van der Waals surface area contributed by atoms with Crippen LogP contribution in [0.5, 0.6) is 0 Å². The van der Waals surface area contributed by atoms with Crippen LogP contribution in [-0.4, -0.2) is 50.6 Å². The number of morpholine rings is 1. The highest BCUT2D eigenvalue weighted by molar-refractivity contribution is 7.89. The summed E-state index contributed by atoms with van der Waals surface area (Å²) in [6.07, 6.45) is 0.709. The van der Waals surface area contributed by atoms with Gasteiger partial charge in [0.25, 0.3) is 0 Å². The molecule has 176 valence electrons. The Morgan fingerprint density at radius 1 is 0.853 bits per heavy atom. The molecule has 0 aromatic heterocycles. The van der Waals surface area contributed by atoms with Crippen LogP contribution in [0.2, 0.25) is 0 Å². The fraction of sp³-hybridized carbons (Fsp3) is 0.231. The summed E-state index contributed by atoms with van der Waals surface area (Å²) in [5, 5.41) is 4.40. The summed E-state index contributed by atoms with van der Waals surface area (Å²) in [7, 11) is -3.52. The van der Waals surface area contributed by atoms with E-state index in [0.29, 0.717) is 38.4 Å². The van der Waals surface area contributed by atoms with Crippen LogP contribution in [0, 0.1) is 0 Å². The molecule has 8 heteroatoms. The highest BCUT2D eigenvalue weighted by Crippen LogP contribution is 2.18. The van der Waals surface area contributed by atoms with E-state index in [0.717, 1.165) is 16.7 Å². The molecule has 1 aliphatic rings. The van der Waals surface area contributed by atoms with E-state index in [1.807, 2.05) is 60.7 Å². The van der Waals surface area contributed by atoms with E-state index in [4.69, 9.17) is 4.74 Å². The van der Waals surface area contributed by atoms with Crippen molar-refractivity contribution in [3.05, 3.63) is 102 Å². The maximum atomic E-state index is 12.7. The molecule has 34 heavy (non-hydrogen) atoms. The smallest absolute Gasteiger partial charge is 0.243 e. The van der Waals surface area contributed by atoms with Crippen LogP contribution in [0.3, 0.4) is 0 Å². The normalized spacial score (nSPS) is 14.4. The van der Waals surface area contributed by atoms with Gasteiger partial charge in [-0.1, -0.05) is 72.8 Å². The first-order chi connectivity index (χ1) is 16.5. The van der Waals surface area contributed by atoms with Gasteiger partial charge in [0.2, 0.25) is 15.9 Å². The first-order valence-corrected chi connectivity index (χ1v) is 12.6. The summed E-state index contributed by atoms with van der Waals surface area (Å²) in [5.41, 5.74) is 6.05. The van der Waals surface area contributed by atoms with Crippen molar-refractivity contribution in [2.75, 3.05) is 26.3 Å². The minimum absolute atomic E-state index is 0.214. The first-order valence-electron chi connectivity index (χ1n) is 11.2. The zero-order chi connectivity index (χ0) is 23.8.